The number of aryl methyl sites for hydroxylation is 1. The largest absolute Gasteiger partial charge is 0.493 e. The van der Waals surface area contributed by atoms with Gasteiger partial charge in [-0.1, -0.05) is 66.7 Å². The standard InChI is InChI=1S/C25H20N4O3/c1-16-9-8-14-19-21(16)27-25(32)22(19)28-29-24(31)20(15-17-10-4-2-5-11-17)26-23(30)18-12-6-3-7-13-18/h2-15,27,32H,1H3,(H,26,30). The first-order valence-corrected chi connectivity index (χ1v) is 9.92. The number of nitrogens with one attached hydrogen (secondary N) is 2. The molecule has 158 valence electrons. The van der Waals surface area contributed by atoms with Gasteiger partial charge in [-0.05, 0) is 36.3 Å². The van der Waals surface area contributed by atoms with Crippen LogP contribution in [0.1, 0.15) is 21.5 Å². The highest BCUT2D eigenvalue weighted by molar-refractivity contribution is 6.05. The predicted octanol–water partition coefficient (Wildman–Crippen LogP) is 5.26. The van der Waals surface area contributed by atoms with E-state index in [1.165, 1.54) is 6.08 Å². The molecule has 2 amide bonds. The number of para-hydroxylation sites is 1. The predicted molar refractivity (Wildman–Crippen MR) is 123 cm³/mol. The highest BCUT2D eigenvalue weighted by Crippen LogP contribution is 2.36. The molecule has 0 fully saturated rings. The number of fused-ring (bicyclic) bond motifs is 1. The number of amides is 2. The van der Waals surface area contributed by atoms with E-state index in [0.29, 0.717) is 22.0 Å². The number of azo groups is 1. The van der Waals surface area contributed by atoms with Crippen LogP contribution in [0.3, 0.4) is 0 Å². The molecule has 0 saturated carbocycles. The Bertz CT molecular complexity index is 1340. The number of carbonyl (C=O) groups is 2. The summed E-state index contributed by atoms with van der Waals surface area (Å²) in [4.78, 5) is 28.4. The van der Waals surface area contributed by atoms with Crippen molar-refractivity contribution in [3.63, 3.8) is 0 Å². The van der Waals surface area contributed by atoms with Gasteiger partial charge in [0.05, 0.1) is 5.52 Å². The first kappa shape index (κ1) is 20.7. The van der Waals surface area contributed by atoms with Gasteiger partial charge in [0.2, 0.25) is 5.88 Å². The van der Waals surface area contributed by atoms with E-state index in [0.717, 1.165) is 5.56 Å². The molecule has 0 unspecified atom stereocenters. The van der Waals surface area contributed by atoms with Gasteiger partial charge in [-0.3, -0.25) is 9.59 Å². The quantitative estimate of drug-likeness (QED) is 0.300. The van der Waals surface area contributed by atoms with Gasteiger partial charge in [0.25, 0.3) is 5.91 Å². The average molecular weight is 424 g/mol. The molecule has 1 aromatic heterocycles. The fourth-order valence-corrected chi connectivity index (χ4v) is 3.24. The van der Waals surface area contributed by atoms with Crippen molar-refractivity contribution in [2.24, 2.45) is 10.2 Å². The lowest BCUT2D eigenvalue weighted by molar-refractivity contribution is -0.115. The fourth-order valence-electron chi connectivity index (χ4n) is 3.24. The molecule has 0 saturated heterocycles. The van der Waals surface area contributed by atoms with E-state index in [-0.39, 0.29) is 17.3 Å². The van der Waals surface area contributed by atoms with Crippen LogP contribution in [0.2, 0.25) is 0 Å². The topological polar surface area (TPSA) is 107 Å². The third kappa shape index (κ3) is 4.46. The SMILES string of the molecule is Cc1cccc2c(N=NC(=O)C(=Cc3ccccc3)NC(=O)c3ccccc3)c(O)[nH]c12. The van der Waals surface area contributed by atoms with E-state index in [1.807, 2.05) is 37.3 Å². The number of aromatic hydroxyl groups is 1. The number of rotatable bonds is 5. The molecule has 0 aliphatic heterocycles. The first-order chi connectivity index (χ1) is 15.5. The number of hydrogen-bond donors (Lipinski definition) is 3. The third-order valence-corrected chi connectivity index (χ3v) is 4.86. The molecule has 4 rings (SSSR count). The lowest BCUT2D eigenvalue weighted by atomic mass is 10.1. The Hall–Kier alpha value is -4.52. The summed E-state index contributed by atoms with van der Waals surface area (Å²) in [6.07, 6.45) is 1.53. The molecule has 0 bridgehead atoms. The molecule has 32 heavy (non-hydrogen) atoms. The summed E-state index contributed by atoms with van der Waals surface area (Å²) in [6, 6.07) is 23.1. The van der Waals surface area contributed by atoms with Crippen molar-refractivity contribution in [2.75, 3.05) is 0 Å². The Morgan fingerprint density at radius 3 is 2.34 bits per heavy atom. The van der Waals surface area contributed by atoms with Gasteiger partial charge in [-0.2, -0.15) is 0 Å². The van der Waals surface area contributed by atoms with Crippen LogP contribution < -0.4 is 5.32 Å². The van der Waals surface area contributed by atoms with Crippen LogP contribution in [-0.2, 0) is 4.79 Å². The van der Waals surface area contributed by atoms with E-state index >= 15 is 0 Å². The van der Waals surface area contributed by atoms with Crippen LogP contribution in [0.4, 0.5) is 5.69 Å². The highest BCUT2D eigenvalue weighted by atomic mass is 16.3. The normalized spacial score (nSPS) is 11.7. The van der Waals surface area contributed by atoms with Crippen molar-refractivity contribution in [1.82, 2.24) is 10.3 Å². The second-order valence-corrected chi connectivity index (χ2v) is 7.11. The molecular weight excluding hydrogens is 404 g/mol. The number of hydrogen-bond acceptors (Lipinski definition) is 4. The second kappa shape index (κ2) is 9.09. The lowest BCUT2D eigenvalue weighted by Crippen LogP contribution is -2.26. The van der Waals surface area contributed by atoms with Gasteiger partial charge in [0.1, 0.15) is 5.70 Å². The Morgan fingerprint density at radius 1 is 0.938 bits per heavy atom. The molecule has 3 aromatic carbocycles. The van der Waals surface area contributed by atoms with Crippen molar-refractivity contribution in [3.8, 4) is 5.88 Å². The molecule has 4 aromatic rings. The van der Waals surface area contributed by atoms with Crippen molar-refractivity contribution in [2.45, 2.75) is 6.92 Å². The molecule has 0 atom stereocenters. The van der Waals surface area contributed by atoms with Gasteiger partial charge < -0.3 is 15.4 Å². The zero-order valence-corrected chi connectivity index (χ0v) is 17.2. The zero-order valence-electron chi connectivity index (χ0n) is 17.2. The number of nitrogens with zero attached hydrogens (tertiary/aromatic N) is 2. The molecular formula is C25H20N4O3. The minimum atomic E-state index is -0.750. The third-order valence-electron chi connectivity index (χ3n) is 4.86. The monoisotopic (exact) mass is 424 g/mol. The molecule has 0 spiro atoms. The van der Waals surface area contributed by atoms with Crippen LogP contribution in [-0.4, -0.2) is 21.9 Å². The van der Waals surface area contributed by atoms with Crippen molar-refractivity contribution in [3.05, 3.63) is 101 Å². The summed E-state index contributed by atoms with van der Waals surface area (Å²) in [5, 5.41) is 21.2. The van der Waals surface area contributed by atoms with Crippen LogP contribution >= 0.6 is 0 Å². The van der Waals surface area contributed by atoms with Gasteiger partial charge in [-0.15, -0.1) is 10.2 Å². The summed E-state index contributed by atoms with van der Waals surface area (Å²) < 4.78 is 0. The van der Waals surface area contributed by atoms with Gasteiger partial charge >= 0.3 is 5.91 Å². The summed E-state index contributed by atoms with van der Waals surface area (Å²) in [5.74, 6) is -1.38. The molecule has 7 heteroatoms. The van der Waals surface area contributed by atoms with Gasteiger partial charge in [0, 0.05) is 10.9 Å². The van der Waals surface area contributed by atoms with E-state index in [2.05, 4.69) is 20.5 Å². The summed E-state index contributed by atoms with van der Waals surface area (Å²) >= 11 is 0. The van der Waals surface area contributed by atoms with Crippen molar-refractivity contribution >= 4 is 34.5 Å². The second-order valence-electron chi connectivity index (χ2n) is 7.11. The number of aromatic amines is 1. The highest BCUT2D eigenvalue weighted by Gasteiger charge is 2.16. The minimum absolute atomic E-state index is 0.0377. The number of aromatic nitrogens is 1. The summed E-state index contributed by atoms with van der Waals surface area (Å²) in [5.41, 5.74) is 2.87. The molecule has 0 aliphatic carbocycles. The maximum absolute atomic E-state index is 12.9. The summed E-state index contributed by atoms with van der Waals surface area (Å²) in [7, 11) is 0. The molecule has 1 heterocycles. The lowest BCUT2D eigenvalue weighted by Gasteiger charge is -2.07. The van der Waals surface area contributed by atoms with Gasteiger partial charge in [0.15, 0.2) is 5.69 Å². The summed E-state index contributed by atoms with van der Waals surface area (Å²) in [6.45, 7) is 1.89. The average Bonchev–Trinajstić information content (AvgIpc) is 3.14. The maximum atomic E-state index is 12.9. The van der Waals surface area contributed by atoms with Crippen molar-refractivity contribution in [1.29, 1.82) is 0 Å². The van der Waals surface area contributed by atoms with E-state index < -0.39 is 11.8 Å². The Morgan fingerprint density at radius 2 is 1.62 bits per heavy atom. The Balaban J connectivity index is 1.66. The van der Waals surface area contributed by atoms with Crippen LogP contribution in [0.25, 0.3) is 17.0 Å². The molecule has 3 N–H and O–H groups in total. The first-order valence-electron chi connectivity index (χ1n) is 9.92. The zero-order chi connectivity index (χ0) is 22.5. The van der Waals surface area contributed by atoms with Crippen molar-refractivity contribution < 1.29 is 14.7 Å². The number of carbonyl (C=O) groups excluding carboxylic acids is 2. The number of benzene rings is 3. The Labute approximate surface area is 184 Å². The maximum Gasteiger partial charge on any atom is 0.311 e. The number of H-pyrrole nitrogens is 1. The smallest absolute Gasteiger partial charge is 0.311 e. The molecule has 0 radical (unpaired) electrons. The van der Waals surface area contributed by atoms with Gasteiger partial charge in [-0.25, -0.2) is 0 Å². The van der Waals surface area contributed by atoms with Crippen LogP contribution in [0.5, 0.6) is 5.88 Å². The van der Waals surface area contributed by atoms with E-state index in [1.54, 1.807) is 48.5 Å². The Kier molecular flexibility index (Phi) is 5.89. The van der Waals surface area contributed by atoms with Crippen LogP contribution in [0, 0.1) is 6.92 Å². The molecule has 0 aliphatic rings. The van der Waals surface area contributed by atoms with E-state index in [9.17, 15) is 14.7 Å². The minimum Gasteiger partial charge on any atom is -0.493 e. The van der Waals surface area contributed by atoms with E-state index in [4.69, 9.17) is 0 Å². The molecule has 7 nitrogen and oxygen atoms in total. The van der Waals surface area contributed by atoms with Crippen LogP contribution in [0.15, 0.2) is 94.8 Å². The fraction of sp³-hybridized carbons (Fsp3) is 0.0400.